The molecule has 0 amide bonds. The Hall–Kier alpha value is -0.760. The number of hydrogen-bond donors (Lipinski definition) is 1. The predicted molar refractivity (Wildman–Crippen MR) is 56.9 cm³/mol. The van der Waals surface area contributed by atoms with E-state index in [9.17, 15) is 0 Å². The van der Waals surface area contributed by atoms with Crippen molar-refractivity contribution in [3.63, 3.8) is 0 Å². The third-order valence-electron chi connectivity index (χ3n) is 1.84. The van der Waals surface area contributed by atoms with E-state index in [-0.39, 0.29) is 0 Å². The first-order chi connectivity index (χ1) is 5.79. The normalized spacial score (nSPS) is 9.83. The number of thiophene rings is 1. The summed E-state index contributed by atoms with van der Waals surface area (Å²) < 4.78 is 0. The first kappa shape index (κ1) is 9.33. The zero-order valence-electron chi connectivity index (χ0n) is 7.68. The van der Waals surface area contributed by atoms with E-state index < -0.39 is 0 Å². The van der Waals surface area contributed by atoms with Crippen LogP contribution >= 0.6 is 11.3 Å². The second kappa shape index (κ2) is 4.31. The van der Waals surface area contributed by atoms with E-state index in [1.165, 1.54) is 22.5 Å². The van der Waals surface area contributed by atoms with Crippen molar-refractivity contribution >= 4 is 16.3 Å². The summed E-state index contributed by atoms with van der Waals surface area (Å²) in [5, 5.41) is 6.61. The van der Waals surface area contributed by atoms with Crippen LogP contribution < -0.4 is 5.32 Å². The fourth-order valence-corrected chi connectivity index (χ4v) is 2.24. The van der Waals surface area contributed by atoms with Crippen LogP contribution in [0.25, 0.3) is 0 Å². The molecule has 0 aliphatic carbocycles. The van der Waals surface area contributed by atoms with Crippen LogP contribution in [0.1, 0.15) is 24.5 Å². The van der Waals surface area contributed by atoms with Crippen molar-refractivity contribution in [3.05, 3.63) is 29.3 Å². The standard InChI is InChI=1S/C10H15NS/c1-4-6-9-8(3)7-12-10(9)11-5-2/h5,7,11H,2,4,6H2,1,3H3. The molecule has 0 aliphatic heterocycles. The van der Waals surface area contributed by atoms with E-state index in [4.69, 9.17) is 0 Å². The molecule has 1 heterocycles. The summed E-state index contributed by atoms with van der Waals surface area (Å²) in [5.41, 5.74) is 2.84. The highest BCUT2D eigenvalue weighted by Crippen LogP contribution is 2.28. The van der Waals surface area contributed by atoms with E-state index >= 15 is 0 Å². The lowest BCUT2D eigenvalue weighted by Crippen LogP contribution is -1.90. The van der Waals surface area contributed by atoms with Crippen molar-refractivity contribution in [2.75, 3.05) is 5.32 Å². The molecule has 0 radical (unpaired) electrons. The van der Waals surface area contributed by atoms with Gasteiger partial charge in [0.1, 0.15) is 0 Å². The number of rotatable bonds is 4. The van der Waals surface area contributed by atoms with Gasteiger partial charge in [0.05, 0.1) is 5.00 Å². The van der Waals surface area contributed by atoms with Gasteiger partial charge in [-0.25, -0.2) is 0 Å². The molecule has 0 unspecified atom stereocenters. The Morgan fingerprint density at radius 3 is 3.00 bits per heavy atom. The van der Waals surface area contributed by atoms with Gasteiger partial charge in [-0.3, -0.25) is 0 Å². The van der Waals surface area contributed by atoms with Gasteiger partial charge in [0.15, 0.2) is 0 Å². The maximum Gasteiger partial charge on any atom is 0.0957 e. The highest BCUT2D eigenvalue weighted by Gasteiger charge is 2.05. The summed E-state index contributed by atoms with van der Waals surface area (Å²) in [6.45, 7) is 8.03. The van der Waals surface area contributed by atoms with Crippen molar-refractivity contribution in [1.82, 2.24) is 0 Å². The lowest BCUT2D eigenvalue weighted by atomic mass is 10.1. The Morgan fingerprint density at radius 1 is 1.67 bits per heavy atom. The molecular weight excluding hydrogens is 166 g/mol. The summed E-state index contributed by atoms with van der Waals surface area (Å²) in [6.07, 6.45) is 4.10. The molecule has 1 rings (SSSR count). The van der Waals surface area contributed by atoms with Crippen LogP contribution in [0.4, 0.5) is 5.00 Å². The van der Waals surface area contributed by atoms with Crippen molar-refractivity contribution < 1.29 is 0 Å². The molecule has 1 N–H and O–H groups in total. The lowest BCUT2D eigenvalue weighted by Gasteiger charge is -2.02. The maximum absolute atomic E-state index is 3.66. The third-order valence-corrected chi connectivity index (χ3v) is 2.91. The second-order valence-corrected chi connectivity index (χ2v) is 3.70. The van der Waals surface area contributed by atoms with E-state index in [0.717, 1.165) is 6.42 Å². The summed E-state index contributed by atoms with van der Waals surface area (Å²) >= 11 is 1.76. The molecule has 1 aromatic heterocycles. The molecule has 0 bridgehead atoms. The average Bonchev–Trinajstić information content (AvgIpc) is 2.37. The zero-order valence-corrected chi connectivity index (χ0v) is 8.50. The van der Waals surface area contributed by atoms with E-state index in [0.29, 0.717) is 0 Å². The Kier molecular flexibility index (Phi) is 3.35. The van der Waals surface area contributed by atoms with Crippen LogP contribution in [-0.4, -0.2) is 0 Å². The Balaban J connectivity index is 2.86. The van der Waals surface area contributed by atoms with Gasteiger partial charge >= 0.3 is 0 Å². The van der Waals surface area contributed by atoms with Crippen molar-refractivity contribution in [1.29, 1.82) is 0 Å². The Labute approximate surface area is 78.1 Å². The van der Waals surface area contributed by atoms with Gasteiger partial charge in [-0.2, -0.15) is 0 Å². The highest BCUT2D eigenvalue weighted by molar-refractivity contribution is 7.14. The number of nitrogens with one attached hydrogen (secondary N) is 1. The summed E-state index contributed by atoms with van der Waals surface area (Å²) in [4.78, 5) is 0. The van der Waals surface area contributed by atoms with Crippen LogP contribution in [0.3, 0.4) is 0 Å². The topological polar surface area (TPSA) is 12.0 Å². The Bertz CT molecular complexity index is 263. The molecule has 0 fully saturated rings. The minimum absolute atomic E-state index is 1.16. The first-order valence-electron chi connectivity index (χ1n) is 4.24. The zero-order chi connectivity index (χ0) is 8.97. The van der Waals surface area contributed by atoms with Gasteiger partial charge in [-0.15, -0.1) is 11.3 Å². The fraction of sp³-hybridized carbons (Fsp3) is 0.400. The summed E-state index contributed by atoms with van der Waals surface area (Å²) in [6, 6.07) is 0. The summed E-state index contributed by atoms with van der Waals surface area (Å²) in [7, 11) is 0. The molecule has 1 nitrogen and oxygen atoms in total. The van der Waals surface area contributed by atoms with Crippen molar-refractivity contribution in [2.45, 2.75) is 26.7 Å². The SMILES string of the molecule is C=CNc1scc(C)c1CCC. The highest BCUT2D eigenvalue weighted by atomic mass is 32.1. The second-order valence-electron chi connectivity index (χ2n) is 2.82. The monoisotopic (exact) mass is 181 g/mol. The van der Waals surface area contributed by atoms with E-state index in [1.54, 1.807) is 17.5 Å². The smallest absolute Gasteiger partial charge is 0.0957 e. The third kappa shape index (κ3) is 1.89. The largest absolute Gasteiger partial charge is 0.354 e. The molecule has 0 spiro atoms. The maximum atomic E-state index is 3.66. The van der Waals surface area contributed by atoms with Crippen LogP contribution in [0, 0.1) is 6.92 Å². The predicted octanol–water partition coefficient (Wildman–Crippen LogP) is 3.56. The fourth-order valence-electron chi connectivity index (χ4n) is 1.24. The van der Waals surface area contributed by atoms with Crippen LogP contribution in [-0.2, 0) is 6.42 Å². The molecule has 0 saturated heterocycles. The van der Waals surface area contributed by atoms with Gasteiger partial charge < -0.3 is 5.32 Å². The quantitative estimate of drug-likeness (QED) is 0.749. The number of aryl methyl sites for hydroxylation is 1. The number of anilines is 1. The van der Waals surface area contributed by atoms with Gasteiger partial charge in [0.2, 0.25) is 0 Å². The first-order valence-corrected chi connectivity index (χ1v) is 5.12. The van der Waals surface area contributed by atoms with Crippen molar-refractivity contribution in [2.24, 2.45) is 0 Å². The van der Waals surface area contributed by atoms with E-state index in [1.807, 2.05) is 0 Å². The molecule has 0 saturated carbocycles. The summed E-state index contributed by atoms with van der Waals surface area (Å²) in [5.74, 6) is 0. The molecule has 0 aliphatic rings. The van der Waals surface area contributed by atoms with Crippen molar-refractivity contribution in [3.8, 4) is 0 Å². The van der Waals surface area contributed by atoms with Gasteiger partial charge in [0.25, 0.3) is 0 Å². The van der Waals surface area contributed by atoms with Crippen LogP contribution in [0.2, 0.25) is 0 Å². The molecular formula is C10H15NS. The molecule has 0 aromatic carbocycles. The molecule has 2 heteroatoms. The minimum Gasteiger partial charge on any atom is -0.354 e. The van der Waals surface area contributed by atoms with Gasteiger partial charge in [-0.1, -0.05) is 19.9 Å². The molecule has 12 heavy (non-hydrogen) atoms. The average molecular weight is 181 g/mol. The van der Waals surface area contributed by atoms with Crippen LogP contribution in [0.5, 0.6) is 0 Å². The van der Waals surface area contributed by atoms with Crippen LogP contribution in [0.15, 0.2) is 18.2 Å². The molecule has 0 atom stereocenters. The van der Waals surface area contributed by atoms with Gasteiger partial charge in [-0.05, 0) is 36.1 Å². The van der Waals surface area contributed by atoms with E-state index in [2.05, 4.69) is 31.1 Å². The molecule has 66 valence electrons. The van der Waals surface area contributed by atoms with Gasteiger partial charge in [0, 0.05) is 0 Å². The Morgan fingerprint density at radius 2 is 2.42 bits per heavy atom. The minimum atomic E-state index is 1.16. The molecule has 1 aromatic rings. The lowest BCUT2D eigenvalue weighted by molar-refractivity contribution is 0.920. The number of hydrogen-bond acceptors (Lipinski definition) is 2.